The highest BCUT2D eigenvalue weighted by atomic mass is 35.5. The van der Waals surface area contributed by atoms with Crippen LogP contribution in [0.5, 0.6) is 0 Å². The number of rotatable bonds is 7. The van der Waals surface area contributed by atoms with Crippen LogP contribution >= 0.6 is 11.6 Å². The first-order valence-electron chi connectivity index (χ1n) is 11.4. The van der Waals surface area contributed by atoms with E-state index in [1.165, 1.54) is 11.1 Å². The van der Waals surface area contributed by atoms with Gasteiger partial charge >= 0.3 is 0 Å². The number of aromatic nitrogens is 1. The second kappa shape index (κ2) is 10.7. The van der Waals surface area contributed by atoms with Gasteiger partial charge in [0.1, 0.15) is 7.05 Å². The second-order valence-electron chi connectivity index (χ2n) is 8.56. The molecule has 34 heavy (non-hydrogen) atoms. The molecule has 0 bridgehead atoms. The van der Waals surface area contributed by atoms with E-state index in [4.69, 9.17) is 16.7 Å². The normalized spacial score (nSPS) is 11.2. The van der Waals surface area contributed by atoms with Crippen molar-refractivity contribution in [1.29, 1.82) is 0 Å². The van der Waals surface area contributed by atoms with E-state index in [-0.39, 0.29) is 6.61 Å². The lowest BCUT2D eigenvalue weighted by Gasteiger charge is -2.17. The minimum atomic E-state index is 0.141. The highest BCUT2D eigenvalue weighted by Gasteiger charge is 2.16. The minimum Gasteiger partial charge on any atom is -0.395 e. The summed E-state index contributed by atoms with van der Waals surface area (Å²) in [6.45, 7) is 2.86. The summed E-state index contributed by atoms with van der Waals surface area (Å²) in [7, 11) is 4.09. The molecular weight excluding hydrogens is 440 g/mol. The van der Waals surface area contributed by atoms with Gasteiger partial charge in [0.05, 0.1) is 6.61 Å². The lowest BCUT2D eigenvalue weighted by Crippen LogP contribution is -2.34. The molecule has 0 aliphatic carbocycles. The fourth-order valence-electron chi connectivity index (χ4n) is 3.95. The maximum Gasteiger partial charge on any atom is 0.213 e. The van der Waals surface area contributed by atoms with E-state index in [1.54, 1.807) is 0 Å². The summed E-state index contributed by atoms with van der Waals surface area (Å²) in [5, 5.41) is 9.90. The van der Waals surface area contributed by atoms with Crippen LogP contribution in [0.15, 0.2) is 84.9 Å². The number of anilines is 1. The van der Waals surface area contributed by atoms with E-state index in [0.29, 0.717) is 6.54 Å². The van der Waals surface area contributed by atoms with E-state index in [9.17, 15) is 0 Å². The topological polar surface area (TPSA) is 27.3 Å². The summed E-state index contributed by atoms with van der Waals surface area (Å²) >= 11 is 6.13. The Hall–Kier alpha value is -3.40. The van der Waals surface area contributed by atoms with Gasteiger partial charge in [-0.25, -0.2) is 0 Å². The second-order valence-corrected chi connectivity index (χ2v) is 8.99. The molecule has 0 aliphatic heterocycles. The van der Waals surface area contributed by atoms with Gasteiger partial charge in [0.25, 0.3) is 0 Å². The first-order chi connectivity index (χ1) is 16.4. The largest absolute Gasteiger partial charge is 0.395 e. The number of pyridine rings is 1. The summed E-state index contributed by atoms with van der Waals surface area (Å²) in [5.41, 5.74) is 9.15. The zero-order valence-electron chi connectivity index (χ0n) is 19.9. The maximum atomic E-state index is 9.16. The molecule has 0 saturated heterocycles. The number of aryl methyl sites for hydroxylation is 1. The molecule has 0 unspecified atom stereocenters. The number of hydrogen-bond donors (Lipinski definition) is 1. The molecule has 1 heterocycles. The van der Waals surface area contributed by atoms with Crippen LogP contribution in [0.25, 0.3) is 34.5 Å². The molecule has 4 rings (SSSR count). The molecule has 3 nitrogen and oxygen atoms in total. The van der Waals surface area contributed by atoms with Crippen LogP contribution in [0.3, 0.4) is 0 Å². The van der Waals surface area contributed by atoms with E-state index in [1.807, 2.05) is 24.1 Å². The van der Waals surface area contributed by atoms with Gasteiger partial charge in [0.15, 0.2) is 0 Å². The van der Waals surface area contributed by atoms with Crippen LogP contribution in [0.4, 0.5) is 5.69 Å². The van der Waals surface area contributed by atoms with E-state index < -0.39 is 0 Å². The van der Waals surface area contributed by atoms with Crippen LogP contribution in [-0.4, -0.2) is 25.3 Å². The number of hydrogen-bond acceptors (Lipinski definition) is 2. The van der Waals surface area contributed by atoms with Gasteiger partial charge in [-0.3, -0.25) is 0 Å². The zero-order chi connectivity index (χ0) is 24.1. The van der Waals surface area contributed by atoms with E-state index >= 15 is 0 Å². The van der Waals surface area contributed by atoms with Crippen molar-refractivity contribution in [2.45, 2.75) is 6.92 Å². The van der Waals surface area contributed by atoms with Crippen molar-refractivity contribution in [2.75, 3.05) is 25.1 Å². The summed E-state index contributed by atoms with van der Waals surface area (Å²) in [4.78, 5) is 2.04. The van der Waals surface area contributed by atoms with Gasteiger partial charge < -0.3 is 10.0 Å². The quantitative estimate of drug-likeness (QED) is 0.317. The third kappa shape index (κ3) is 5.56. The highest BCUT2D eigenvalue weighted by Crippen LogP contribution is 2.27. The minimum absolute atomic E-state index is 0.141. The molecule has 0 aliphatic rings. The van der Waals surface area contributed by atoms with Crippen LogP contribution in [0.2, 0.25) is 5.02 Å². The number of aliphatic hydroxyl groups is 1. The molecule has 4 heteroatoms. The summed E-state index contributed by atoms with van der Waals surface area (Å²) < 4.78 is 2.23. The van der Waals surface area contributed by atoms with Gasteiger partial charge in [-0.15, -0.1) is 0 Å². The molecule has 0 atom stereocenters. The Morgan fingerprint density at radius 3 is 2.12 bits per heavy atom. The number of likely N-dealkylation sites (N-methyl/N-ethyl adjacent to an activating group) is 1. The predicted octanol–water partition coefficient (Wildman–Crippen LogP) is 6.41. The lowest BCUT2D eigenvalue weighted by molar-refractivity contribution is -0.662. The first-order valence-corrected chi connectivity index (χ1v) is 11.8. The average molecular weight is 470 g/mol. The van der Waals surface area contributed by atoms with Crippen LogP contribution in [-0.2, 0) is 7.05 Å². The first kappa shape index (κ1) is 23.7. The van der Waals surface area contributed by atoms with Crippen molar-refractivity contribution in [3.63, 3.8) is 0 Å². The molecule has 1 aromatic heterocycles. The van der Waals surface area contributed by atoms with E-state index in [2.05, 4.69) is 103 Å². The zero-order valence-corrected chi connectivity index (χ0v) is 20.6. The Morgan fingerprint density at radius 2 is 1.47 bits per heavy atom. The summed E-state index contributed by atoms with van der Waals surface area (Å²) in [5.74, 6) is 0. The Morgan fingerprint density at radius 1 is 0.824 bits per heavy atom. The Bertz CT molecular complexity index is 1280. The van der Waals surface area contributed by atoms with Crippen molar-refractivity contribution in [3.05, 3.63) is 107 Å². The fraction of sp³-hybridized carbons (Fsp3) is 0.167. The van der Waals surface area contributed by atoms with Gasteiger partial charge in [-0.1, -0.05) is 53.6 Å². The predicted molar refractivity (Wildman–Crippen MR) is 144 cm³/mol. The van der Waals surface area contributed by atoms with Crippen LogP contribution < -0.4 is 9.47 Å². The smallest absolute Gasteiger partial charge is 0.213 e. The number of benzene rings is 3. The number of aliphatic hydroxyl groups excluding tert-OH is 1. The molecular formula is C30H30ClN2O+. The van der Waals surface area contributed by atoms with Crippen LogP contribution in [0, 0.1) is 6.92 Å². The molecule has 1 N–H and O–H groups in total. The molecule has 0 amide bonds. The molecule has 172 valence electrons. The van der Waals surface area contributed by atoms with Gasteiger partial charge in [-0.2, -0.15) is 4.57 Å². The highest BCUT2D eigenvalue weighted by molar-refractivity contribution is 6.30. The van der Waals surface area contributed by atoms with Crippen molar-refractivity contribution >= 4 is 29.4 Å². The van der Waals surface area contributed by atoms with E-state index in [0.717, 1.165) is 38.8 Å². The third-order valence-corrected chi connectivity index (χ3v) is 6.34. The van der Waals surface area contributed by atoms with Crippen molar-refractivity contribution in [2.24, 2.45) is 7.05 Å². The molecule has 0 saturated carbocycles. The van der Waals surface area contributed by atoms with Gasteiger partial charge in [-0.05, 0) is 66.1 Å². The SMILES string of the molecule is Cc1ccc(-c2cc(-c3ccc(Cl)cc3)cc(/C=C/c3ccc(N(C)CCO)cc3)[n+]2C)cc1. The van der Waals surface area contributed by atoms with Crippen molar-refractivity contribution in [3.8, 4) is 22.4 Å². The van der Waals surface area contributed by atoms with Gasteiger partial charge in [0, 0.05) is 48.1 Å². The standard InChI is InChI=1S/C30H30ClN2O/c1-22-4-9-25(10-5-22)30-21-26(24-11-13-27(31)14-12-24)20-29(33(30)3)17-8-23-6-15-28(16-7-23)32(2)18-19-34/h4-17,20-21,34H,18-19H2,1-3H3/q+1. The lowest BCUT2D eigenvalue weighted by atomic mass is 10.0. The van der Waals surface area contributed by atoms with Crippen molar-refractivity contribution < 1.29 is 9.67 Å². The molecule has 0 radical (unpaired) electrons. The number of nitrogens with zero attached hydrogens (tertiary/aromatic N) is 2. The fourth-order valence-corrected chi connectivity index (χ4v) is 4.08. The Labute approximate surface area is 207 Å². The Balaban J connectivity index is 1.73. The third-order valence-electron chi connectivity index (χ3n) is 6.08. The van der Waals surface area contributed by atoms with Crippen LogP contribution in [0.1, 0.15) is 16.8 Å². The van der Waals surface area contributed by atoms with Crippen molar-refractivity contribution in [1.82, 2.24) is 0 Å². The maximum absolute atomic E-state index is 9.16. The molecule has 4 aromatic rings. The summed E-state index contributed by atoms with van der Waals surface area (Å²) in [6, 6.07) is 29.4. The molecule has 3 aromatic carbocycles. The monoisotopic (exact) mass is 469 g/mol. The molecule has 0 spiro atoms. The number of halogens is 1. The Kier molecular flexibility index (Phi) is 7.46. The molecule has 0 fully saturated rings. The summed E-state index contributed by atoms with van der Waals surface area (Å²) in [6.07, 6.45) is 4.29. The average Bonchev–Trinajstić information content (AvgIpc) is 2.85. The van der Waals surface area contributed by atoms with Gasteiger partial charge in [0.2, 0.25) is 11.4 Å².